The van der Waals surface area contributed by atoms with E-state index in [2.05, 4.69) is 42.6 Å². The highest BCUT2D eigenvalue weighted by Gasteiger charge is 2.10. The average molecular weight is 330 g/mol. The Morgan fingerprint density at radius 1 is 0.960 bits per heavy atom. The van der Waals surface area contributed by atoms with Crippen LogP contribution in [0.2, 0.25) is 0 Å². The number of aromatic nitrogens is 1. The number of carbonyl (C=O) groups excluding carboxylic acids is 1. The minimum atomic E-state index is -0.0983. The molecule has 1 amide bonds. The first-order valence-electron chi connectivity index (χ1n) is 8.31. The first-order chi connectivity index (χ1) is 12.0. The van der Waals surface area contributed by atoms with Gasteiger partial charge in [0.25, 0.3) is 5.91 Å². The second-order valence-corrected chi connectivity index (χ2v) is 6.22. The van der Waals surface area contributed by atoms with Crippen LogP contribution in [-0.4, -0.2) is 10.5 Å². The third kappa shape index (κ3) is 3.89. The van der Waals surface area contributed by atoms with E-state index in [1.807, 2.05) is 61.1 Å². The molecule has 0 saturated heterocycles. The van der Waals surface area contributed by atoms with Crippen LogP contribution in [-0.2, 0) is 7.05 Å². The second kappa shape index (κ2) is 7.22. The van der Waals surface area contributed by atoms with Gasteiger partial charge in [0.1, 0.15) is 5.69 Å². The molecule has 0 aliphatic rings. The normalized spacial score (nSPS) is 11.0. The second-order valence-electron chi connectivity index (χ2n) is 6.22. The van der Waals surface area contributed by atoms with Crippen molar-refractivity contribution in [1.29, 1.82) is 0 Å². The molecule has 0 atom stereocenters. The smallest absolute Gasteiger partial charge is 0.272 e. The minimum Gasteiger partial charge on any atom is -0.347 e. The zero-order valence-corrected chi connectivity index (χ0v) is 14.8. The molecular formula is C22H22N2O. The van der Waals surface area contributed by atoms with Crippen LogP contribution in [0.5, 0.6) is 0 Å². The third-order valence-electron chi connectivity index (χ3n) is 4.32. The molecule has 2 aromatic carbocycles. The number of benzene rings is 2. The van der Waals surface area contributed by atoms with Crippen molar-refractivity contribution in [2.24, 2.45) is 7.05 Å². The maximum Gasteiger partial charge on any atom is 0.272 e. The van der Waals surface area contributed by atoms with Gasteiger partial charge in [-0.1, -0.05) is 42.5 Å². The summed E-state index contributed by atoms with van der Waals surface area (Å²) >= 11 is 0. The number of nitrogens with one attached hydrogen (secondary N) is 1. The van der Waals surface area contributed by atoms with E-state index in [0.29, 0.717) is 5.69 Å². The van der Waals surface area contributed by atoms with E-state index >= 15 is 0 Å². The molecule has 126 valence electrons. The van der Waals surface area contributed by atoms with Crippen LogP contribution in [0.25, 0.3) is 12.2 Å². The summed E-state index contributed by atoms with van der Waals surface area (Å²) in [6.45, 7) is 4.11. The maximum atomic E-state index is 12.3. The standard InChI is InChI=1S/C22H22N2O/c1-16-7-4-5-8-19(16)12-10-18-11-13-20(17(2)15-18)23-22(25)21-9-6-14-24(21)3/h4-15H,1-3H3,(H,23,25)/b12-10+. The summed E-state index contributed by atoms with van der Waals surface area (Å²) in [5, 5.41) is 2.98. The number of amides is 1. The van der Waals surface area contributed by atoms with Gasteiger partial charge in [0, 0.05) is 18.9 Å². The van der Waals surface area contributed by atoms with Gasteiger partial charge >= 0.3 is 0 Å². The highest BCUT2D eigenvalue weighted by atomic mass is 16.1. The Hall–Kier alpha value is -3.07. The molecule has 1 N–H and O–H groups in total. The van der Waals surface area contributed by atoms with E-state index < -0.39 is 0 Å². The summed E-state index contributed by atoms with van der Waals surface area (Å²) in [6.07, 6.45) is 6.08. The molecule has 0 aliphatic carbocycles. The average Bonchev–Trinajstić information content (AvgIpc) is 3.02. The Balaban J connectivity index is 1.76. The van der Waals surface area contributed by atoms with Crippen molar-refractivity contribution < 1.29 is 4.79 Å². The summed E-state index contributed by atoms with van der Waals surface area (Å²) in [6, 6.07) is 18.0. The van der Waals surface area contributed by atoms with Crippen LogP contribution < -0.4 is 5.32 Å². The van der Waals surface area contributed by atoms with E-state index in [4.69, 9.17) is 0 Å². The molecule has 3 nitrogen and oxygen atoms in total. The lowest BCUT2D eigenvalue weighted by Crippen LogP contribution is -2.15. The Bertz CT molecular complexity index is 935. The van der Waals surface area contributed by atoms with Crippen molar-refractivity contribution in [3.63, 3.8) is 0 Å². The van der Waals surface area contributed by atoms with Crippen LogP contribution in [0.4, 0.5) is 5.69 Å². The lowest BCUT2D eigenvalue weighted by atomic mass is 10.1. The molecule has 25 heavy (non-hydrogen) atoms. The van der Waals surface area contributed by atoms with Crippen molar-refractivity contribution >= 4 is 23.7 Å². The predicted molar refractivity (Wildman–Crippen MR) is 105 cm³/mol. The molecule has 0 spiro atoms. The van der Waals surface area contributed by atoms with E-state index in [9.17, 15) is 4.79 Å². The monoisotopic (exact) mass is 330 g/mol. The number of rotatable bonds is 4. The van der Waals surface area contributed by atoms with Crippen LogP contribution in [0.1, 0.15) is 32.7 Å². The number of hydrogen-bond acceptors (Lipinski definition) is 1. The first-order valence-corrected chi connectivity index (χ1v) is 8.31. The van der Waals surface area contributed by atoms with Crippen LogP contribution in [0.3, 0.4) is 0 Å². The number of hydrogen-bond donors (Lipinski definition) is 1. The van der Waals surface area contributed by atoms with Crippen molar-refractivity contribution in [2.75, 3.05) is 5.32 Å². The Labute approximate surface area is 148 Å². The lowest BCUT2D eigenvalue weighted by Gasteiger charge is -2.10. The fourth-order valence-corrected chi connectivity index (χ4v) is 2.77. The summed E-state index contributed by atoms with van der Waals surface area (Å²) in [5.41, 5.74) is 6.08. The highest BCUT2D eigenvalue weighted by molar-refractivity contribution is 6.03. The molecule has 1 heterocycles. The molecule has 1 aromatic heterocycles. The fourth-order valence-electron chi connectivity index (χ4n) is 2.77. The quantitative estimate of drug-likeness (QED) is 0.666. The lowest BCUT2D eigenvalue weighted by molar-refractivity contribution is 0.101. The topological polar surface area (TPSA) is 34.0 Å². The van der Waals surface area contributed by atoms with Crippen LogP contribution in [0.15, 0.2) is 60.8 Å². The molecule has 0 radical (unpaired) electrons. The van der Waals surface area contributed by atoms with Gasteiger partial charge in [-0.05, 0) is 60.4 Å². The summed E-state index contributed by atoms with van der Waals surface area (Å²) in [5.74, 6) is -0.0983. The van der Waals surface area contributed by atoms with Gasteiger partial charge < -0.3 is 9.88 Å². The molecule has 0 aliphatic heterocycles. The van der Waals surface area contributed by atoms with Gasteiger partial charge in [0.15, 0.2) is 0 Å². The van der Waals surface area contributed by atoms with Gasteiger partial charge in [-0.15, -0.1) is 0 Å². The molecule has 0 bridgehead atoms. The number of carbonyl (C=O) groups is 1. The Morgan fingerprint density at radius 2 is 1.76 bits per heavy atom. The highest BCUT2D eigenvalue weighted by Crippen LogP contribution is 2.20. The van der Waals surface area contributed by atoms with Gasteiger partial charge in [-0.25, -0.2) is 0 Å². The zero-order chi connectivity index (χ0) is 17.8. The molecule has 3 heteroatoms. The maximum absolute atomic E-state index is 12.3. The summed E-state index contributed by atoms with van der Waals surface area (Å²) < 4.78 is 1.81. The first kappa shape index (κ1) is 16.8. The van der Waals surface area contributed by atoms with Crippen LogP contribution in [0, 0.1) is 13.8 Å². The van der Waals surface area contributed by atoms with Gasteiger partial charge in [0.05, 0.1) is 0 Å². The fraction of sp³-hybridized carbons (Fsp3) is 0.136. The molecule has 0 unspecified atom stereocenters. The molecule has 0 fully saturated rings. The Kier molecular flexibility index (Phi) is 4.85. The number of nitrogens with zero attached hydrogens (tertiary/aromatic N) is 1. The van der Waals surface area contributed by atoms with Crippen LogP contribution >= 0.6 is 0 Å². The van der Waals surface area contributed by atoms with E-state index in [1.54, 1.807) is 0 Å². The largest absolute Gasteiger partial charge is 0.347 e. The number of anilines is 1. The Morgan fingerprint density at radius 3 is 2.44 bits per heavy atom. The van der Waals surface area contributed by atoms with E-state index in [1.165, 1.54) is 11.1 Å². The van der Waals surface area contributed by atoms with E-state index in [0.717, 1.165) is 16.8 Å². The van der Waals surface area contributed by atoms with Crippen molar-refractivity contribution in [3.8, 4) is 0 Å². The predicted octanol–water partition coefficient (Wildman–Crippen LogP) is 5.06. The third-order valence-corrected chi connectivity index (χ3v) is 4.32. The van der Waals surface area contributed by atoms with Gasteiger partial charge in [-0.3, -0.25) is 4.79 Å². The SMILES string of the molecule is Cc1ccccc1/C=C/c1ccc(NC(=O)c2cccn2C)c(C)c1. The minimum absolute atomic E-state index is 0.0983. The van der Waals surface area contributed by atoms with Crippen molar-refractivity contribution in [1.82, 2.24) is 4.57 Å². The summed E-state index contributed by atoms with van der Waals surface area (Å²) in [7, 11) is 1.86. The molecule has 0 saturated carbocycles. The summed E-state index contributed by atoms with van der Waals surface area (Å²) in [4.78, 5) is 12.3. The molecule has 3 rings (SSSR count). The molecular weight excluding hydrogens is 308 g/mol. The zero-order valence-electron chi connectivity index (χ0n) is 14.8. The van der Waals surface area contributed by atoms with Crippen molar-refractivity contribution in [3.05, 3.63) is 88.7 Å². The van der Waals surface area contributed by atoms with Gasteiger partial charge in [-0.2, -0.15) is 0 Å². The number of aryl methyl sites for hydroxylation is 3. The van der Waals surface area contributed by atoms with Crippen molar-refractivity contribution in [2.45, 2.75) is 13.8 Å². The van der Waals surface area contributed by atoms with E-state index in [-0.39, 0.29) is 5.91 Å². The van der Waals surface area contributed by atoms with Gasteiger partial charge in [0.2, 0.25) is 0 Å². The molecule has 3 aromatic rings.